The quantitative estimate of drug-likeness (QED) is 0.791. The highest BCUT2D eigenvalue weighted by Gasteiger charge is 2.07. The van der Waals surface area contributed by atoms with Gasteiger partial charge in [-0.1, -0.05) is 5.92 Å². The summed E-state index contributed by atoms with van der Waals surface area (Å²) in [6.45, 7) is 4.16. The molecule has 1 aromatic carbocycles. The first kappa shape index (κ1) is 13.4. The van der Waals surface area contributed by atoms with Crippen molar-refractivity contribution >= 4 is 0 Å². The molecule has 0 amide bonds. The maximum Gasteiger partial charge on any atom is 0.149 e. The molecule has 0 spiro atoms. The summed E-state index contributed by atoms with van der Waals surface area (Å²) in [4.78, 5) is 0. The van der Waals surface area contributed by atoms with Crippen molar-refractivity contribution in [2.45, 2.75) is 26.3 Å². The Morgan fingerprint density at radius 3 is 2.76 bits per heavy atom. The number of ether oxygens (including phenoxy) is 2. The average molecular weight is 233 g/mol. The van der Waals surface area contributed by atoms with E-state index in [0.29, 0.717) is 6.61 Å². The maximum atomic E-state index is 5.82. The van der Waals surface area contributed by atoms with Gasteiger partial charge in [0.15, 0.2) is 0 Å². The molecule has 2 N–H and O–H groups in total. The number of nitrogens with two attached hydrogens (primary N) is 1. The van der Waals surface area contributed by atoms with E-state index in [1.54, 1.807) is 14.0 Å². The minimum atomic E-state index is 0.0849. The van der Waals surface area contributed by atoms with Gasteiger partial charge < -0.3 is 15.2 Å². The molecule has 0 aliphatic rings. The number of hydrogen-bond donors (Lipinski definition) is 1. The van der Waals surface area contributed by atoms with Crippen molar-refractivity contribution in [2.24, 2.45) is 5.73 Å². The number of benzene rings is 1. The zero-order valence-corrected chi connectivity index (χ0v) is 10.6. The molecular formula is C14H19NO2. The van der Waals surface area contributed by atoms with E-state index in [0.717, 1.165) is 23.5 Å². The van der Waals surface area contributed by atoms with Gasteiger partial charge in [-0.05, 0) is 44.0 Å². The van der Waals surface area contributed by atoms with Crippen LogP contribution in [-0.4, -0.2) is 19.8 Å². The number of methoxy groups -OCH3 is 1. The summed E-state index contributed by atoms with van der Waals surface area (Å²) >= 11 is 0. The van der Waals surface area contributed by atoms with Crippen molar-refractivity contribution in [3.05, 3.63) is 23.8 Å². The van der Waals surface area contributed by atoms with Gasteiger partial charge in [0, 0.05) is 6.04 Å². The lowest BCUT2D eigenvalue weighted by Crippen LogP contribution is -2.18. The van der Waals surface area contributed by atoms with Crippen molar-refractivity contribution in [2.75, 3.05) is 13.7 Å². The molecule has 17 heavy (non-hydrogen) atoms. The fourth-order valence-electron chi connectivity index (χ4n) is 1.52. The van der Waals surface area contributed by atoms with Gasteiger partial charge in [0.05, 0.1) is 7.11 Å². The molecule has 0 heterocycles. The van der Waals surface area contributed by atoms with Crippen molar-refractivity contribution < 1.29 is 9.47 Å². The highest BCUT2D eigenvalue weighted by molar-refractivity contribution is 5.41. The first-order chi connectivity index (χ1) is 8.17. The van der Waals surface area contributed by atoms with Gasteiger partial charge in [0.2, 0.25) is 0 Å². The van der Waals surface area contributed by atoms with Crippen LogP contribution in [0.15, 0.2) is 18.2 Å². The molecule has 92 valence electrons. The van der Waals surface area contributed by atoms with Gasteiger partial charge in [-0.3, -0.25) is 0 Å². The fourth-order valence-corrected chi connectivity index (χ4v) is 1.52. The maximum absolute atomic E-state index is 5.82. The van der Waals surface area contributed by atoms with E-state index in [9.17, 15) is 0 Å². The van der Waals surface area contributed by atoms with Crippen molar-refractivity contribution in [1.82, 2.24) is 0 Å². The van der Waals surface area contributed by atoms with Gasteiger partial charge in [0.1, 0.15) is 18.1 Å². The van der Waals surface area contributed by atoms with Gasteiger partial charge in [-0.2, -0.15) is 0 Å². The lowest BCUT2D eigenvalue weighted by atomic mass is 10.1. The third kappa shape index (κ3) is 4.38. The highest BCUT2D eigenvalue weighted by Crippen LogP contribution is 2.25. The molecule has 0 bridgehead atoms. The molecule has 3 nitrogen and oxygen atoms in total. The Hall–Kier alpha value is -1.66. The number of hydrogen-bond acceptors (Lipinski definition) is 3. The summed E-state index contributed by atoms with van der Waals surface area (Å²) in [6.07, 6.45) is 0.756. The van der Waals surface area contributed by atoms with Crippen LogP contribution in [0.5, 0.6) is 11.5 Å². The standard InChI is InChI=1S/C14H19NO2/c1-4-5-8-17-14-7-6-13(16-3)10-12(14)9-11(2)15/h6-7,10-11H,8-9,15H2,1-3H3. The summed E-state index contributed by atoms with van der Waals surface area (Å²) < 4.78 is 10.8. The van der Waals surface area contributed by atoms with Crippen molar-refractivity contribution in [1.29, 1.82) is 0 Å². The van der Waals surface area contributed by atoms with Gasteiger partial charge in [-0.15, -0.1) is 5.92 Å². The van der Waals surface area contributed by atoms with Crippen LogP contribution < -0.4 is 15.2 Å². The van der Waals surface area contributed by atoms with Gasteiger partial charge in [0.25, 0.3) is 0 Å². The highest BCUT2D eigenvalue weighted by atomic mass is 16.5. The Labute approximate surface area is 103 Å². The van der Waals surface area contributed by atoms with Crippen LogP contribution in [0, 0.1) is 11.8 Å². The summed E-state index contributed by atoms with van der Waals surface area (Å²) in [5.74, 6) is 7.31. The first-order valence-corrected chi connectivity index (χ1v) is 5.62. The summed E-state index contributed by atoms with van der Waals surface area (Å²) in [7, 11) is 1.65. The number of rotatable bonds is 5. The first-order valence-electron chi connectivity index (χ1n) is 5.62. The van der Waals surface area contributed by atoms with E-state index in [1.807, 2.05) is 25.1 Å². The predicted octanol–water partition coefficient (Wildman–Crippen LogP) is 1.99. The SMILES string of the molecule is CC#CCOc1ccc(OC)cc1CC(C)N. The zero-order valence-electron chi connectivity index (χ0n) is 10.6. The molecule has 0 saturated carbocycles. The van der Waals surface area contributed by atoms with Crippen LogP contribution in [0.25, 0.3) is 0 Å². The van der Waals surface area contributed by atoms with E-state index < -0.39 is 0 Å². The third-order valence-electron chi connectivity index (χ3n) is 2.29. The van der Waals surface area contributed by atoms with E-state index >= 15 is 0 Å². The molecule has 3 heteroatoms. The Kier molecular flexibility index (Phi) is 5.38. The minimum absolute atomic E-state index is 0.0849. The minimum Gasteiger partial charge on any atom is -0.497 e. The molecule has 1 rings (SSSR count). The molecular weight excluding hydrogens is 214 g/mol. The normalized spacial score (nSPS) is 11.3. The predicted molar refractivity (Wildman–Crippen MR) is 69.3 cm³/mol. The molecule has 1 atom stereocenters. The Balaban J connectivity index is 2.87. The molecule has 0 aromatic heterocycles. The summed E-state index contributed by atoms with van der Waals surface area (Å²) in [5, 5.41) is 0. The second kappa shape index (κ2) is 6.82. The summed E-state index contributed by atoms with van der Waals surface area (Å²) in [6, 6.07) is 5.81. The monoisotopic (exact) mass is 233 g/mol. The van der Waals surface area contributed by atoms with Crippen molar-refractivity contribution in [3.8, 4) is 23.3 Å². The molecule has 0 radical (unpaired) electrons. The van der Waals surface area contributed by atoms with E-state index in [4.69, 9.17) is 15.2 Å². The zero-order chi connectivity index (χ0) is 12.7. The molecule has 0 aliphatic heterocycles. The average Bonchev–Trinajstić information content (AvgIpc) is 2.30. The van der Waals surface area contributed by atoms with Crippen LogP contribution >= 0.6 is 0 Å². The largest absolute Gasteiger partial charge is 0.497 e. The lowest BCUT2D eigenvalue weighted by molar-refractivity contribution is 0.362. The van der Waals surface area contributed by atoms with Crippen LogP contribution in [0.4, 0.5) is 0 Å². The van der Waals surface area contributed by atoms with E-state index in [-0.39, 0.29) is 6.04 Å². The molecule has 1 unspecified atom stereocenters. The Morgan fingerprint density at radius 2 is 2.18 bits per heavy atom. The van der Waals surface area contributed by atoms with Crippen LogP contribution in [0.2, 0.25) is 0 Å². The molecule has 0 saturated heterocycles. The van der Waals surface area contributed by atoms with Gasteiger partial charge >= 0.3 is 0 Å². The fraction of sp³-hybridized carbons (Fsp3) is 0.429. The van der Waals surface area contributed by atoms with Crippen LogP contribution in [0.1, 0.15) is 19.4 Å². The Bertz CT molecular complexity index is 416. The van der Waals surface area contributed by atoms with E-state index in [1.165, 1.54) is 0 Å². The molecule has 1 aromatic rings. The smallest absolute Gasteiger partial charge is 0.149 e. The third-order valence-corrected chi connectivity index (χ3v) is 2.29. The molecule has 0 aliphatic carbocycles. The second-order valence-corrected chi connectivity index (χ2v) is 3.87. The van der Waals surface area contributed by atoms with E-state index in [2.05, 4.69) is 11.8 Å². The van der Waals surface area contributed by atoms with Gasteiger partial charge in [-0.25, -0.2) is 0 Å². The van der Waals surface area contributed by atoms with Crippen LogP contribution in [0.3, 0.4) is 0 Å². The molecule has 0 fully saturated rings. The lowest BCUT2D eigenvalue weighted by Gasteiger charge is -2.13. The van der Waals surface area contributed by atoms with Crippen molar-refractivity contribution in [3.63, 3.8) is 0 Å². The van der Waals surface area contributed by atoms with Crippen LogP contribution in [-0.2, 0) is 6.42 Å². The topological polar surface area (TPSA) is 44.5 Å². The summed E-state index contributed by atoms with van der Waals surface area (Å²) in [5.41, 5.74) is 6.87. The Morgan fingerprint density at radius 1 is 1.41 bits per heavy atom. The second-order valence-electron chi connectivity index (χ2n) is 3.87.